The van der Waals surface area contributed by atoms with Gasteiger partial charge in [0.15, 0.2) is 0 Å². The quantitative estimate of drug-likeness (QED) is 0.568. The number of aromatic nitrogens is 3. The summed E-state index contributed by atoms with van der Waals surface area (Å²) < 4.78 is 15.5. The maximum atomic E-state index is 11.6. The molecule has 0 saturated heterocycles. The fourth-order valence-electron chi connectivity index (χ4n) is 1.69. The van der Waals surface area contributed by atoms with Crippen molar-refractivity contribution in [3.8, 4) is 17.5 Å². The zero-order valence-corrected chi connectivity index (χ0v) is 13.9. The third-order valence-electron chi connectivity index (χ3n) is 2.71. The van der Waals surface area contributed by atoms with Crippen molar-refractivity contribution in [3.05, 3.63) is 36.5 Å². The summed E-state index contributed by atoms with van der Waals surface area (Å²) in [5.41, 5.74) is -0.0743. The Kier molecular flexibility index (Phi) is 5.96. The van der Waals surface area contributed by atoms with Crippen molar-refractivity contribution in [2.24, 2.45) is 0 Å². The zero-order valence-electron chi connectivity index (χ0n) is 13.1. The summed E-state index contributed by atoms with van der Waals surface area (Å²) in [6.07, 6.45) is 2.97. The minimum atomic E-state index is -1.17. The second-order valence-electron chi connectivity index (χ2n) is 4.23. The zero-order chi connectivity index (χ0) is 17.5. The molecule has 0 aliphatic heterocycles. The minimum absolute atomic E-state index is 0.0743. The van der Waals surface area contributed by atoms with Crippen LogP contribution in [0.4, 0.5) is 0 Å². The van der Waals surface area contributed by atoms with Gasteiger partial charge in [0.1, 0.15) is 22.9 Å². The Morgan fingerprint density at radius 1 is 1.33 bits per heavy atom. The molecule has 2 aromatic rings. The molecule has 0 aliphatic carbocycles. The van der Waals surface area contributed by atoms with Crippen LogP contribution in [-0.4, -0.2) is 46.9 Å². The molecule has 0 aromatic carbocycles. The molecule has 0 unspecified atom stereocenters. The van der Waals surface area contributed by atoms with Gasteiger partial charge in [-0.05, 0) is 17.8 Å². The van der Waals surface area contributed by atoms with Crippen molar-refractivity contribution in [3.63, 3.8) is 0 Å². The highest BCUT2D eigenvalue weighted by Gasteiger charge is 2.20. The van der Waals surface area contributed by atoms with Crippen LogP contribution in [0.1, 0.15) is 10.4 Å². The van der Waals surface area contributed by atoms with Crippen LogP contribution in [0.3, 0.4) is 0 Å². The summed E-state index contributed by atoms with van der Waals surface area (Å²) in [5.74, 6) is -0.394. The van der Waals surface area contributed by atoms with Gasteiger partial charge in [0.05, 0.1) is 20.3 Å². The molecule has 24 heavy (non-hydrogen) atoms. The number of hydrogen-bond acceptors (Lipinski definition) is 8. The topological polar surface area (TPSA) is 104 Å². The van der Waals surface area contributed by atoms with Gasteiger partial charge in [-0.2, -0.15) is 9.97 Å². The van der Waals surface area contributed by atoms with Gasteiger partial charge >= 0.3 is 5.97 Å². The van der Waals surface area contributed by atoms with Gasteiger partial charge < -0.3 is 19.3 Å². The first-order valence-corrected chi connectivity index (χ1v) is 7.51. The molecular formula is C15H15N3O5S. The van der Waals surface area contributed by atoms with Crippen LogP contribution in [0.25, 0.3) is 0 Å². The Bertz CT molecular complexity index is 732. The van der Waals surface area contributed by atoms with Crippen molar-refractivity contribution in [1.29, 1.82) is 0 Å². The van der Waals surface area contributed by atoms with E-state index in [1.54, 1.807) is 0 Å². The standard InChI is InChI=1S/C15H15N3O5S/c1-4-7-23-9-5-6-16-13(12(9)14(19)20)24-15-17-10(21-2)8-11(18-15)22-3/h4-6,8H,1,7H2,2-3H3,(H,19,20). The predicted molar refractivity (Wildman–Crippen MR) is 86.1 cm³/mol. The Balaban J connectivity index is 2.42. The van der Waals surface area contributed by atoms with Crippen LogP contribution < -0.4 is 14.2 Å². The SMILES string of the molecule is C=CCOc1ccnc(Sc2nc(OC)cc(OC)n2)c1C(=O)O. The molecule has 0 bridgehead atoms. The second-order valence-corrected chi connectivity index (χ2v) is 5.19. The van der Waals surface area contributed by atoms with E-state index in [1.165, 1.54) is 38.6 Å². The molecule has 0 saturated carbocycles. The van der Waals surface area contributed by atoms with Crippen molar-refractivity contribution in [2.75, 3.05) is 20.8 Å². The predicted octanol–water partition coefficient (Wildman–Crippen LogP) is 2.30. The van der Waals surface area contributed by atoms with E-state index in [1.807, 2.05) is 0 Å². The van der Waals surface area contributed by atoms with Crippen molar-refractivity contribution in [2.45, 2.75) is 10.2 Å². The number of carbonyl (C=O) groups is 1. The molecular weight excluding hydrogens is 334 g/mol. The van der Waals surface area contributed by atoms with Gasteiger partial charge in [-0.25, -0.2) is 9.78 Å². The monoisotopic (exact) mass is 349 g/mol. The van der Waals surface area contributed by atoms with E-state index in [4.69, 9.17) is 14.2 Å². The number of hydrogen-bond donors (Lipinski definition) is 1. The summed E-state index contributed by atoms with van der Waals surface area (Å²) in [7, 11) is 2.92. The Hall–Kier alpha value is -2.81. The van der Waals surface area contributed by atoms with Crippen molar-refractivity contribution < 1.29 is 24.1 Å². The van der Waals surface area contributed by atoms with Gasteiger partial charge in [0, 0.05) is 6.20 Å². The molecule has 9 heteroatoms. The van der Waals surface area contributed by atoms with E-state index in [0.717, 1.165) is 11.8 Å². The van der Waals surface area contributed by atoms with Crippen LogP contribution >= 0.6 is 11.8 Å². The summed E-state index contributed by atoms with van der Waals surface area (Å²) in [5, 5.41) is 9.91. The number of pyridine rings is 1. The smallest absolute Gasteiger partial charge is 0.342 e. The van der Waals surface area contributed by atoms with Gasteiger partial charge in [0.2, 0.25) is 16.9 Å². The minimum Gasteiger partial charge on any atom is -0.488 e. The molecule has 1 N–H and O–H groups in total. The lowest BCUT2D eigenvalue weighted by Gasteiger charge is -2.11. The maximum absolute atomic E-state index is 11.6. The molecule has 0 amide bonds. The highest BCUT2D eigenvalue weighted by atomic mass is 32.2. The van der Waals surface area contributed by atoms with Crippen molar-refractivity contribution >= 4 is 17.7 Å². The fourth-order valence-corrected chi connectivity index (χ4v) is 2.54. The van der Waals surface area contributed by atoms with Crippen LogP contribution in [-0.2, 0) is 0 Å². The van der Waals surface area contributed by atoms with E-state index in [0.29, 0.717) is 11.8 Å². The Morgan fingerprint density at radius 3 is 2.54 bits per heavy atom. The maximum Gasteiger partial charge on any atom is 0.342 e. The summed E-state index contributed by atoms with van der Waals surface area (Å²) >= 11 is 0.969. The Labute approximate surface area is 142 Å². The number of aromatic carboxylic acids is 1. The van der Waals surface area contributed by atoms with Crippen molar-refractivity contribution in [1.82, 2.24) is 15.0 Å². The first-order valence-electron chi connectivity index (χ1n) is 6.70. The summed E-state index contributed by atoms with van der Waals surface area (Å²) in [4.78, 5) is 24.0. The lowest BCUT2D eigenvalue weighted by Crippen LogP contribution is -2.06. The number of ether oxygens (including phenoxy) is 3. The van der Waals surface area contributed by atoms with Crippen LogP contribution in [0.15, 0.2) is 41.2 Å². The average Bonchev–Trinajstić information content (AvgIpc) is 2.59. The number of carboxylic acid groups (broad SMARTS) is 1. The largest absolute Gasteiger partial charge is 0.488 e. The number of methoxy groups -OCH3 is 2. The van der Waals surface area contributed by atoms with E-state index < -0.39 is 5.97 Å². The molecule has 126 valence electrons. The third-order valence-corrected chi connectivity index (χ3v) is 3.58. The summed E-state index contributed by atoms with van der Waals surface area (Å²) in [6, 6.07) is 2.99. The second kappa shape index (κ2) is 8.16. The van der Waals surface area contributed by atoms with E-state index in [2.05, 4.69) is 21.5 Å². The molecule has 0 aliphatic rings. The molecule has 2 heterocycles. The normalized spacial score (nSPS) is 10.1. The third kappa shape index (κ3) is 4.13. The number of nitrogens with zero attached hydrogens (tertiary/aromatic N) is 3. The summed E-state index contributed by atoms with van der Waals surface area (Å²) in [6.45, 7) is 3.72. The molecule has 0 fully saturated rings. The van der Waals surface area contributed by atoms with E-state index in [9.17, 15) is 9.90 Å². The first kappa shape index (κ1) is 17.5. The van der Waals surface area contributed by atoms with E-state index >= 15 is 0 Å². The van der Waals surface area contributed by atoms with E-state index in [-0.39, 0.29) is 28.1 Å². The van der Waals surface area contributed by atoms with Gasteiger partial charge in [0.25, 0.3) is 0 Å². The van der Waals surface area contributed by atoms with Crippen LogP contribution in [0.2, 0.25) is 0 Å². The van der Waals surface area contributed by atoms with Gasteiger partial charge in [-0.15, -0.1) is 0 Å². The molecule has 2 rings (SSSR count). The number of rotatable bonds is 8. The molecule has 0 spiro atoms. The van der Waals surface area contributed by atoms with Gasteiger partial charge in [-0.3, -0.25) is 0 Å². The van der Waals surface area contributed by atoms with Crippen LogP contribution in [0.5, 0.6) is 17.5 Å². The Morgan fingerprint density at radius 2 is 2.00 bits per heavy atom. The highest BCUT2D eigenvalue weighted by molar-refractivity contribution is 7.99. The molecule has 0 radical (unpaired) electrons. The first-order chi connectivity index (χ1) is 11.6. The average molecular weight is 349 g/mol. The number of carboxylic acids is 1. The lowest BCUT2D eigenvalue weighted by molar-refractivity contribution is 0.0687. The molecule has 0 atom stereocenters. The molecule has 2 aromatic heterocycles. The fraction of sp³-hybridized carbons (Fsp3) is 0.200. The van der Waals surface area contributed by atoms with Crippen LogP contribution in [0, 0.1) is 0 Å². The lowest BCUT2D eigenvalue weighted by atomic mass is 10.2. The molecule has 8 nitrogen and oxygen atoms in total. The van der Waals surface area contributed by atoms with Gasteiger partial charge in [-0.1, -0.05) is 12.7 Å². The highest BCUT2D eigenvalue weighted by Crippen LogP contribution is 2.33.